The van der Waals surface area contributed by atoms with Crippen LogP contribution in [0.5, 0.6) is 0 Å². The van der Waals surface area contributed by atoms with Gasteiger partial charge in [0, 0.05) is 16.2 Å². The third kappa shape index (κ3) is 7.03. The van der Waals surface area contributed by atoms with Crippen LogP contribution in [0.3, 0.4) is 0 Å². The molecule has 0 bridgehead atoms. The van der Waals surface area contributed by atoms with Crippen LogP contribution in [0.25, 0.3) is 5.41 Å². The van der Waals surface area contributed by atoms with Crippen LogP contribution in [0.4, 0.5) is 0 Å². The Morgan fingerprint density at radius 2 is 0.857 bits per heavy atom. The van der Waals surface area contributed by atoms with Crippen LogP contribution in [0.1, 0.15) is 96.5 Å². The summed E-state index contributed by atoms with van der Waals surface area (Å²) in [5.74, 6) is 0. The standard InChI is InChI=1S/C24H40BN6.CNS.Co/c1-16-13-19(22(4,5)6)26-29(16)25(30-17(2)14-20(27-30)23(7,8)9)31-18(3)15-21(28-31)24(10,11)12;2-1-3;/h13-15,25H,1-12H3;;/q2*-1;+2. The Morgan fingerprint density at radius 3 is 1.00 bits per heavy atom. The molecule has 7 nitrogen and oxygen atoms in total. The second-order valence-electron chi connectivity index (χ2n) is 12.3. The summed E-state index contributed by atoms with van der Waals surface area (Å²) in [6.07, 6.45) is 0. The second kappa shape index (κ2) is 10.9. The number of aryl methyl sites for hydroxylation is 3. The summed E-state index contributed by atoms with van der Waals surface area (Å²) < 4.78 is 6.46. The molecule has 3 aromatic rings. The monoisotopic (exact) mass is 540 g/mol. The van der Waals surface area contributed by atoms with Crippen LogP contribution >= 0.6 is 12.2 Å². The van der Waals surface area contributed by atoms with Gasteiger partial charge >= 0.3 is 23.9 Å². The van der Waals surface area contributed by atoms with Gasteiger partial charge < -0.3 is 19.2 Å². The second-order valence-corrected chi connectivity index (χ2v) is 12.5. The van der Waals surface area contributed by atoms with Crippen LogP contribution in [0.2, 0.25) is 0 Å². The molecule has 3 heterocycles. The van der Waals surface area contributed by atoms with Crippen molar-refractivity contribution < 1.29 is 16.8 Å². The quantitative estimate of drug-likeness (QED) is 0.253. The van der Waals surface area contributed by atoms with Gasteiger partial charge in [-0.05, 0) is 56.1 Å². The molecule has 35 heavy (non-hydrogen) atoms. The van der Waals surface area contributed by atoms with Crippen molar-refractivity contribution in [3.63, 3.8) is 0 Å². The maximum atomic E-state index is 7.13. The van der Waals surface area contributed by atoms with Gasteiger partial charge in [-0.3, -0.25) is 0 Å². The Kier molecular flexibility index (Phi) is 9.71. The van der Waals surface area contributed by atoms with Crippen molar-refractivity contribution in [2.75, 3.05) is 0 Å². The van der Waals surface area contributed by atoms with Gasteiger partial charge in [-0.2, -0.15) is 5.16 Å². The molecule has 0 saturated heterocycles. The van der Waals surface area contributed by atoms with E-state index in [1.165, 1.54) is 5.16 Å². The SMILES string of the molecule is Cc1cc(C(C)(C)C)nn1[BH-](n1nc(C(C)(C)C)cc1C)n1nc(C(C)(C)C)cc1C.[Co+2].[N-]=C=S. The molecule has 0 aromatic carbocycles. The van der Waals surface area contributed by atoms with Gasteiger partial charge in [0.15, 0.2) is 0 Å². The van der Waals surface area contributed by atoms with Crippen molar-refractivity contribution in [2.45, 2.75) is 99.3 Å². The summed E-state index contributed by atoms with van der Waals surface area (Å²) in [4.78, 5) is 0. The van der Waals surface area contributed by atoms with Crippen molar-refractivity contribution in [2.24, 2.45) is 0 Å². The van der Waals surface area contributed by atoms with Gasteiger partial charge in [0.05, 0.1) is 17.1 Å². The average molecular weight is 540 g/mol. The Labute approximate surface area is 226 Å². The number of hydrogen-bond donors (Lipinski definition) is 0. The zero-order valence-electron chi connectivity index (χ0n) is 23.3. The van der Waals surface area contributed by atoms with Crippen LogP contribution in [0, 0.1) is 20.8 Å². The minimum absolute atomic E-state index is 0. The van der Waals surface area contributed by atoms with E-state index < -0.39 is 7.12 Å². The predicted molar refractivity (Wildman–Crippen MR) is 146 cm³/mol. The van der Waals surface area contributed by atoms with E-state index in [1.807, 2.05) is 0 Å². The van der Waals surface area contributed by atoms with E-state index in [1.54, 1.807) is 0 Å². The third-order valence-electron chi connectivity index (χ3n) is 6.05. The normalized spacial score (nSPS) is 12.1. The number of hydrogen-bond acceptors (Lipinski definition) is 4. The van der Waals surface area contributed by atoms with E-state index in [-0.39, 0.29) is 33.0 Å². The van der Waals surface area contributed by atoms with Crippen LogP contribution in [-0.2, 0) is 33.0 Å². The van der Waals surface area contributed by atoms with E-state index in [0.29, 0.717) is 0 Å². The van der Waals surface area contributed by atoms with Gasteiger partial charge in [-0.15, -0.1) is 0 Å². The molecule has 0 N–H and O–H groups in total. The fraction of sp³-hybridized carbons (Fsp3) is 0.600. The van der Waals surface area contributed by atoms with Crippen LogP contribution in [0.15, 0.2) is 18.2 Å². The summed E-state index contributed by atoms with van der Waals surface area (Å²) >= 11 is 3.70. The molecule has 3 rings (SSSR count). The maximum absolute atomic E-state index is 7.13. The minimum Gasteiger partial charge on any atom is -0.753 e. The molecule has 0 aliphatic carbocycles. The van der Waals surface area contributed by atoms with Gasteiger partial charge in [-0.25, -0.2) is 15.3 Å². The molecule has 0 aliphatic rings. The Bertz CT molecular complexity index is 1040. The van der Waals surface area contributed by atoms with Crippen LogP contribution < -0.4 is 0 Å². The van der Waals surface area contributed by atoms with Crippen molar-refractivity contribution >= 4 is 24.5 Å². The largest absolute Gasteiger partial charge is 2.00 e. The Morgan fingerprint density at radius 1 is 0.657 bits per heavy atom. The van der Waals surface area contributed by atoms with E-state index in [9.17, 15) is 0 Å². The first kappa shape index (κ1) is 31.0. The Hall–Kier alpha value is -2.00. The van der Waals surface area contributed by atoms with Crippen molar-refractivity contribution in [3.05, 3.63) is 57.8 Å². The molecule has 0 fully saturated rings. The molecule has 0 atom stereocenters. The number of aromatic nitrogens is 6. The first-order valence-electron chi connectivity index (χ1n) is 11.8. The molecule has 0 saturated carbocycles. The molecule has 0 spiro atoms. The smallest absolute Gasteiger partial charge is 0.753 e. The fourth-order valence-corrected chi connectivity index (χ4v) is 3.87. The minimum atomic E-state index is -1.42. The van der Waals surface area contributed by atoms with Gasteiger partial charge in [0.2, 0.25) is 0 Å². The molecule has 1 radical (unpaired) electrons. The summed E-state index contributed by atoms with van der Waals surface area (Å²) in [6, 6.07) is 6.60. The molecule has 3 aromatic heterocycles. The molecule has 10 heteroatoms. The number of thiocarbonyl (C=S) groups is 1. The Balaban J connectivity index is 0.00000145. The predicted octanol–water partition coefficient (Wildman–Crippen LogP) is 5.41. The van der Waals surface area contributed by atoms with E-state index in [2.05, 4.69) is 127 Å². The third-order valence-corrected chi connectivity index (χ3v) is 6.05. The first-order valence-corrected chi connectivity index (χ1v) is 12.2. The average Bonchev–Trinajstić information content (AvgIpc) is 3.34. The molecule has 193 valence electrons. The molecule has 0 unspecified atom stereocenters. The zero-order chi connectivity index (χ0) is 26.2. The van der Waals surface area contributed by atoms with E-state index in [0.717, 1.165) is 34.2 Å². The summed E-state index contributed by atoms with van der Waals surface area (Å²) in [5, 5.41) is 23.7. The van der Waals surface area contributed by atoms with Gasteiger partial charge in [-0.1, -0.05) is 74.5 Å². The van der Waals surface area contributed by atoms with Gasteiger partial charge in [0.25, 0.3) is 0 Å². The van der Waals surface area contributed by atoms with Gasteiger partial charge in [0.1, 0.15) is 0 Å². The first-order chi connectivity index (χ1) is 15.4. The molecular formula is C25H40BCoN7S. The molecule has 0 aliphatic heterocycles. The number of nitrogens with zero attached hydrogens (tertiary/aromatic N) is 7. The van der Waals surface area contributed by atoms with E-state index >= 15 is 0 Å². The fourth-order valence-electron chi connectivity index (χ4n) is 3.87. The summed E-state index contributed by atoms with van der Waals surface area (Å²) in [5.41, 5.74) is 6.58. The van der Waals surface area contributed by atoms with Crippen molar-refractivity contribution in [3.8, 4) is 0 Å². The summed E-state index contributed by atoms with van der Waals surface area (Å²) in [7, 11) is -1.42. The molecule has 0 amide bonds. The maximum Gasteiger partial charge on any atom is 2.00 e. The molecular weight excluding hydrogens is 500 g/mol. The zero-order valence-corrected chi connectivity index (χ0v) is 25.2. The van der Waals surface area contributed by atoms with Crippen molar-refractivity contribution in [1.29, 1.82) is 0 Å². The van der Waals surface area contributed by atoms with Crippen molar-refractivity contribution in [1.82, 2.24) is 29.1 Å². The van der Waals surface area contributed by atoms with Crippen LogP contribution in [-0.4, -0.2) is 41.4 Å². The summed E-state index contributed by atoms with van der Waals surface area (Å²) in [6.45, 7) is 26.3. The number of isothiocyanates is 1. The number of rotatable bonds is 3. The topological polar surface area (TPSA) is 75.8 Å². The van der Waals surface area contributed by atoms with E-state index in [4.69, 9.17) is 20.7 Å².